The van der Waals surface area contributed by atoms with Crippen molar-refractivity contribution in [2.24, 2.45) is 5.10 Å². The molecule has 5 rings (SSSR count). The number of nitrogen functional groups attached to an aromatic ring is 1. The quantitative estimate of drug-likeness (QED) is 0.141. The van der Waals surface area contributed by atoms with Gasteiger partial charge in [-0.1, -0.05) is 90.0 Å². The Bertz CT molecular complexity index is 1660. The molecule has 1 aromatic heterocycles. The summed E-state index contributed by atoms with van der Waals surface area (Å²) in [7, 11) is 0. The smallest absolute Gasteiger partial charge is 0.272 e. The molecule has 4 aromatic carbocycles. The Labute approximate surface area is 226 Å². The molecule has 1 heterocycles. The van der Waals surface area contributed by atoms with Crippen LogP contribution in [0, 0.1) is 6.92 Å². The summed E-state index contributed by atoms with van der Waals surface area (Å²) in [5.41, 5.74) is 15.7. The second kappa shape index (κ2) is 11.1. The predicted molar refractivity (Wildman–Crippen MR) is 157 cm³/mol. The molecule has 0 atom stereocenters. The van der Waals surface area contributed by atoms with Crippen molar-refractivity contribution >= 4 is 45.9 Å². The van der Waals surface area contributed by atoms with Gasteiger partial charge in [0, 0.05) is 27.2 Å². The van der Waals surface area contributed by atoms with Crippen LogP contribution >= 0.6 is 11.6 Å². The first kappa shape index (κ1) is 24.9. The molecule has 6 heteroatoms. The molecule has 3 N–H and O–H groups in total. The van der Waals surface area contributed by atoms with E-state index < -0.39 is 0 Å². The molecular formula is C32H25ClN4O. The molecule has 0 unspecified atom stereocenters. The topological polar surface area (TPSA) is 80.4 Å². The van der Waals surface area contributed by atoms with Gasteiger partial charge >= 0.3 is 0 Å². The van der Waals surface area contributed by atoms with Crippen molar-refractivity contribution in [1.82, 2.24) is 10.4 Å². The van der Waals surface area contributed by atoms with Crippen molar-refractivity contribution in [2.75, 3.05) is 5.73 Å². The van der Waals surface area contributed by atoms with Crippen molar-refractivity contribution in [2.45, 2.75) is 6.92 Å². The van der Waals surface area contributed by atoms with Crippen molar-refractivity contribution in [3.63, 3.8) is 0 Å². The lowest BCUT2D eigenvalue weighted by atomic mass is 10.0. The second-order valence-electron chi connectivity index (χ2n) is 8.88. The lowest BCUT2D eigenvalue weighted by Crippen LogP contribution is -2.20. The van der Waals surface area contributed by atoms with Gasteiger partial charge in [0.05, 0.1) is 22.5 Å². The molecule has 186 valence electrons. The highest BCUT2D eigenvalue weighted by Crippen LogP contribution is 2.25. The van der Waals surface area contributed by atoms with E-state index in [2.05, 4.69) is 10.5 Å². The number of nitrogens with zero attached hydrogens (tertiary/aromatic N) is 2. The van der Waals surface area contributed by atoms with Crippen LogP contribution in [0.2, 0.25) is 5.02 Å². The number of benzene rings is 4. The molecular weight excluding hydrogens is 492 g/mol. The number of halogens is 1. The Morgan fingerprint density at radius 1 is 0.921 bits per heavy atom. The number of anilines is 1. The van der Waals surface area contributed by atoms with E-state index in [1.807, 2.05) is 110 Å². The highest BCUT2D eigenvalue weighted by atomic mass is 35.5. The molecule has 0 aliphatic rings. The molecule has 0 fully saturated rings. The summed E-state index contributed by atoms with van der Waals surface area (Å²) in [6.45, 7) is 2.04. The van der Waals surface area contributed by atoms with Gasteiger partial charge < -0.3 is 5.73 Å². The van der Waals surface area contributed by atoms with Gasteiger partial charge in [-0.25, -0.2) is 10.4 Å². The van der Waals surface area contributed by atoms with Crippen LogP contribution in [-0.4, -0.2) is 16.6 Å². The Morgan fingerprint density at radius 2 is 1.63 bits per heavy atom. The van der Waals surface area contributed by atoms with E-state index in [4.69, 9.17) is 22.3 Å². The molecule has 38 heavy (non-hydrogen) atoms. The number of nitrogens with one attached hydrogen (secondary N) is 1. The van der Waals surface area contributed by atoms with Crippen LogP contribution in [0.3, 0.4) is 0 Å². The minimum absolute atomic E-state index is 0.329. The number of carbonyl (C=O) groups is 1. The number of hydrogen-bond donors (Lipinski definition) is 2. The first-order chi connectivity index (χ1) is 18.5. The van der Waals surface area contributed by atoms with E-state index in [-0.39, 0.29) is 5.91 Å². The number of allylic oxidation sites excluding steroid dienone is 1. The lowest BCUT2D eigenvalue weighted by molar-refractivity contribution is 0.0956. The summed E-state index contributed by atoms with van der Waals surface area (Å²) in [5, 5.41) is 5.91. The van der Waals surface area contributed by atoms with E-state index in [0.29, 0.717) is 22.0 Å². The summed E-state index contributed by atoms with van der Waals surface area (Å²) in [5.74, 6) is -0.329. The van der Waals surface area contributed by atoms with Crippen molar-refractivity contribution < 1.29 is 4.79 Å². The zero-order chi connectivity index (χ0) is 26.5. The third kappa shape index (κ3) is 5.80. The van der Waals surface area contributed by atoms with E-state index >= 15 is 0 Å². The molecule has 5 nitrogen and oxygen atoms in total. The zero-order valence-corrected chi connectivity index (χ0v) is 21.5. The third-order valence-corrected chi connectivity index (χ3v) is 6.35. The number of aryl methyl sites for hydroxylation is 1. The summed E-state index contributed by atoms with van der Waals surface area (Å²) in [6, 6.07) is 32.3. The lowest BCUT2D eigenvalue weighted by Gasteiger charge is -2.10. The van der Waals surface area contributed by atoms with Gasteiger partial charge in [-0.2, -0.15) is 5.10 Å². The van der Waals surface area contributed by atoms with Gasteiger partial charge in [0.2, 0.25) is 0 Å². The van der Waals surface area contributed by atoms with Crippen LogP contribution in [0.5, 0.6) is 0 Å². The number of amides is 1. The van der Waals surface area contributed by atoms with Crippen LogP contribution in [0.25, 0.3) is 28.2 Å². The Hall–Kier alpha value is -4.74. The number of nitrogens with two attached hydrogens (primary N) is 1. The Morgan fingerprint density at radius 3 is 2.37 bits per heavy atom. The summed E-state index contributed by atoms with van der Waals surface area (Å²) < 4.78 is 0. The monoisotopic (exact) mass is 516 g/mol. The van der Waals surface area contributed by atoms with E-state index in [9.17, 15) is 4.79 Å². The fraction of sp³-hybridized carbons (Fsp3) is 0.0312. The maximum Gasteiger partial charge on any atom is 0.272 e. The highest BCUT2D eigenvalue weighted by Gasteiger charge is 2.14. The highest BCUT2D eigenvalue weighted by molar-refractivity contribution is 6.30. The zero-order valence-electron chi connectivity index (χ0n) is 20.7. The molecule has 1 amide bonds. The van der Waals surface area contributed by atoms with Gasteiger partial charge in [-0.3, -0.25) is 4.79 Å². The molecule has 0 aliphatic carbocycles. The Kier molecular flexibility index (Phi) is 7.29. The number of fused-ring (bicyclic) bond motifs is 1. The van der Waals surface area contributed by atoms with Crippen LogP contribution < -0.4 is 11.2 Å². The fourth-order valence-corrected chi connectivity index (χ4v) is 4.13. The predicted octanol–water partition coefficient (Wildman–Crippen LogP) is 7.29. The first-order valence-electron chi connectivity index (χ1n) is 12.1. The largest absolute Gasteiger partial charge is 0.399 e. The van der Waals surface area contributed by atoms with E-state index in [0.717, 1.165) is 38.9 Å². The van der Waals surface area contributed by atoms with E-state index in [1.165, 1.54) is 0 Å². The molecule has 0 aliphatic heterocycles. The van der Waals surface area contributed by atoms with E-state index in [1.54, 1.807) is 12.1 Å². The SMILES string of the molecule is Cc1ccc(-c2cc(C(=O)N/N=C(\C=C\c3ccc(Cl)cc3)c3ccc(N)cc3)c3ccccc3n2)cc1. The number of aromatic nitrogens is 1. The van der Waals surface area contributed by atoms with Crippen molar-refractivity contribution in [3.05, 3.63) is 136 Å². The molecule has 0 spiro atoms. The van der Waals surface area contributed by atoms with Gasteiger partial charge in [0.15, 0.2) is 0 Å². The number of hydrazone groups is 1. The number of carbonyl (C=O) groups excluding carboxylic acids is 1. The minimum atomic E-state index is -0.329. The maximum atomic E-state index is 13.5. The van der Waals surface area contributed by atoms with Gasteiger partial charge in [0.1, 0.15) is 0 Å². The summed E-state index contributed by atoms with van der Waals surface area (Å²) in [4.78, 5) is 18.3. The molecule has 0 saturated carbocycles. The third-order valence-electron chi connectivity index (χ3n) is 6.10. The van der Waals surface area contributed by atoms with Crippen LogP contribution in [0.15, 0.2) is 114 Å². The van der Waals surface area contributed by atoms with Crippen LogP contribution in [0.4, 0.5) is 5.69 Å². The minimum Gasteiger partial charge on any atom is -0.399 e. The van der Waals surface area contributed by atoms with Gasteiger partial charge in [-0.15, -0.1) is 0 Å². The average Bonchev–Trinajstić information content (AvgIpc) is 2.94. The standard InChI is InChI=1S/C32H25ClN4O/c1-21-6-11-24(12-7-21)31-20-28(27-4-2-3-5-30(27)35-31)32(38)37-36-29(23-13-17-26(34)18-14-23)19-10-22-8-15-25(33)16-9-22/h2-20H,34H2,1H3,(H,37,38)/b19-10+,36-29+. The number of para-hydroxylation sites is 1. The second-order valence-corrected chi connectivity index (χ2v) is 9.32. The molecule has 0 radical (unpaired) electrons. The first-order valence-corrected chi connectivity index (χ1v) is 12.5. The molecule has 5 aromatic rings. The molecule has 0 saturated heterocycles. The summed E-state index contributed by atoms with van der Waals surface area (Å²) >= 11 is 6.01. The normalized spacial score (nSPS) is 11.7. The van der Waals surface area contributed by atoms with Crippen molar-refractivity contribution in [3.8, 4) is 11.3 Å². The summed E-state index contributed by atoms with van der Waals surface area (Å²) in [6.07, 6.45) is 3.76. The van der Waals surface area contributed by atoms with Gasteiger partial charge in [0.25, 0.3) is 5.91 Å². The maximum absolute atomic E-state index is 13.5. The number of pyridine rings is 1. The Balaban J connectivity index is 1.51. The van der Waals surface area contributed by atoms with Crippen molar-refractivity contribution in [1.29, 1.82) is 0 Å². The van der Waals surface area contributed by atoms with Crippen LogP contribution in [0.1, 0.15) is 27.0 Å². The molecule has 0 bridgehead atoms. The fourth-order valence-electron chi connectivity index (χ4n) is 4.01. The van der Waals surface area contributed by atoms with Gasteiger partial charge in [-0.05, 0) is 55.0 Å². The van der Waals surface area contributed by atoms with Crippen LogP contribution in [-0.2, 0) is 0 Å². The number of hydrogen-bond acceptors (Lipinski definition) is 4. The average molecular weight is 517 g/mol. The number of rotatable bonds is 6.